The van der Waals surface area contributed by atoms with Gasteiger partial charge in [-0.25, -0.2) is 0 Å². The Morgan fingerprint density at radius 2 is 1.67 bits per heavy atom. The monoisotopic (exact) mass is 474 g/mol. The van der Waals surface area contributed by atoms with Gasteiger partial charge in [-0.2, -0.15) is 0 Å². The molecule has 164 valence electrons. The second-order valence-corrected chi connectivity index (χ2v) is 9.44. The quantitative estimate of drug-likeness (QED) is 0.253. The van der Waals surface area contributed by atoms with Crippen LogP contribution in [0.5, 0.6) is 5.75 Å². The van der Waals surface area contributed by atoms with Gasteiger partial charge in [0.2, 0.25) is 11.0 Å². The van der Waals surface area contributed by atoms with Crippen LogP contribution in [0.1, 0.15) is 16.6 Å². The zero-order valence-electron chi connectivity index (χ0n) is 17.7. The Balaban J connectivity index is 1.35. The van der Waals surface area contributed by atoms with Crippen molar-refractivity contribution in [3.05, 3.63) is 83.4 Å². The van der Waals surface area contributed by atoms with Crippen molar-refractivity contribution in [1.29, 1.82) is 0 Å². The average molecular weight is 475 g/mol. The van der Waals surface area contributed by atoms with Crippen molar-refractivity contribution >= 4 is 55.8 Å². The minimum Gasteiger partial charge on any atom is -0.497 e. The van der Waals surface area contributed by atoms with Crippen molar-refractivity contribution in [2.45, 2.75) is 18.0 Å². The Labute approximate surface area is 199 Å². The number of fused-ring (bicyclic) bond motifs is 3. The van der Waals surface area contributed by atoms with Crippen LogP contribution in [0.25, 0.3) is 21.8 Å². The van der Waals surface area contributed by atoms with Crippen molar-refractivity contribution in [2.24, 2.45) is 0 Å². The molecule has 0 saturated carbocycles. The Bertz CT molecular complexity index is 1460. The minimum atomic E-state index is -0.637. The van der Waals surface area contributed by atoms with E-state index in [9.17, 15) is 4.79 Å². The van der Waals surface area contributed by atoms with Crippen molar-refractivity contribution in [2.75, 3.05) is 12.0 Å². The van der Waals surface area contributed by atoms with Gasteiger partial charge in [0.15, 0.2) is 0 Å². The van der Waals surface area contributed by atoms with Gasteiger partial charge in [0.25, 0.3) is 0 Å². The molecule has 0 bridgehead atoms. The van der Waals surface area contributed by atoms with Crippen LogP contribution >= 0.6 is 22.9 Å². The van der Waals surface area contributed by atoms with Crippen LogP contribution in [-0.2, 0) is 11.3 Å². The highest BCUT2D eigenvalue weighted by atomic mass is 35.5. The molecule has 1 aliphatic rings. The molecule has 33 heavy (non-hydrogen) atoms. The number of para-hydroxylation sites is 2. The molecule has 3 heterocycles. The zero-order chi connectivity index (χ0) is 22.5. The highest BCUT2D eigenvalue weighted by Crippen LogP contribution is 2.44. The van der Waals surface area contributed by atoms with Crippen molar-refractivity contribution < 1.29 is 9.53 Å². The molecule has 3 aromatic carbocycles. The standard InChI is InChI=1S/C25H19ClN4O2S/c1-32-16-8-6-7-15(13-16)23-22(26)24(31)30(23)25-28-27-21(33-25)14-29-19-11-4-2-9-17(19)18-10-3-5-12-20(18)29/h2-13,22-23H,14H2,1H3. The molecule has 1 fully saturated rings. The van der Waals surface area contributed by atoms with Crippen LogP contribution in [0.4, 0.5) is 5.13 Å². The number of anilines is 1. The SMILES string of the molecule is COc1cccc(C2C(Cl)C(=O)N2c2nnc(Cn3c4ccccc4c4ccccc43)s2)c1. The summed E-state index contributed by atoms with van der Waals surface area (Å²) in [6, 6.07) is 24.0. The smallest absolute Gasteiger partial charge is 0.250 e. The normalized spacial score (nSPS) is 18.1. The Kier molecular flexibility index (Phi) is 4.81. The third-order valence-electron chi connectivity index (χ3n) is 6.10. The predicted octanol–water partition coefficient (Wildman–Crippen LogP) is 5.40. The lowest BCUT2D eigenvalue weighted by Crippen LogP contribution is -2.56. The average Bonchev–Trinajstić information content (AvgIpc) is 3.45. The molecule has 2 atom stereocenters. The molecule has 0 spiro atoms. The van der Waals surface area contributed by atoms with E-state index in [-0.39, 0.29) is 11.9 Å². The lowest BCUT2D eigenvalue weighted by atomic mass is 9.94. The van der Waals surface area contributed by atoms with Gasteiger partial charge in [0.1, 0.15) is 16.1 Å². The fraction of sp³-hybridized carbons (Fsp3) is 0.160. The minimum absolute atomic E-state index is 0.163. The molecule has 8 heteroatoms. The number of ether oxygens (including phenoxy) is 1. The fourth-order valence-corrected chi connectivity index (χ4v) is 5.76. The van der Waals surface area contributed by atoms with E-state index in [0.717, 1.165) is 27.4 Å². The number of aromatic nitrogens is 3. The molecule has 0 aliphatic carbocycles. The predicted molar refractivity (Wildman–Crippen MR) is 131 cm³/mol. The summed E-state index contributed by atoms with van der Waals surface area (Å²) in [7, 11) is 1.62. The third kappa shape index (κ3) is 3.19. The summed E-state index contributed by atoms with van der Waals surface area (Å²) >= 11 is 7.83. The van der Waals surface area contributed by atoms with Crippen LogP contribution in [-0.4, -0.2) is 33.2 Å². The van der Waals surface area contributed by atoms with Gasteiger partial charge < -0.3 is 9.30 Å². The van der Waals surface area contributed by atoms with Gasteiger partial charge in [-0.05, 0) is 29.8 Å². The molecule has 2 unspecified atom stereocenters. The largest absolute Gasteiger partial charge is 0.497 e. The maximum atomic E-state index is 12.7. The molecular weight excluding hydrogens is 456 g/mol. The first-order valence-electron chi connectivity index (χ1n) is 10.5. The highest BCUT2D eigenvalue weighted by molar-refractivity contribution is 7.15. The number of carbonyl (C=O) groups is 1. The number of hydrogen-bond acceptors (Lipinski definition) is 5. The number of rotatable bonds is 5. The number of methoxy groups -OCH3 is 1. The molecular formula is C25H19ClN4O2S. The van der Waals surface area contributed by atoms with Crippen LogP contribution in [0.2, 0.25) is 0 Å². The molecule has 1 saturated heterocycles. The van der Waals surface area contributed by atoms with Crippen molar-refractivity contribution in [3.8, 4) is 5.75 Å². The summed E-state index contributed by atoms with van der Waals surface area (Å²) in [5.41, 5.74) is 3.20. The maximum Gasteiger partial charge on any atom is 0.250 e. The number of amides is 1. The van der Waals surface area contributed by atoms with E-state index in [1.807, 2.05) is 36.4 Å². The molecule has 2 aromatic heterocycles. The highest BCUT2D eigenvalue weighted by Gasteiger charge is 2.49. The van der Waals surface area contributed by atoms with E-state index in [1.54, 1.807) is 12.0 Å². The maximum absolute atomic E-state index is 12.7. The van der Waals surface area contributed by atoms with Crippen LogP contribution < -0.4 is 9.64 Å². The summed E-state index contributed by atoms with van der Waals surface area (Å²) in [5, 5.41) is 11.9. The summed E-state index contributed by atoms with van der Waals surface area (Å²) in [6.07, 6.45) is 0. The molecule has 1 amide bonds. The molecule has 6 rings (SSSR count). The zero-order valence-corrected chi connectivity index (χ0v) is 19.3. The summed E-state index contributed by atoms with van der Waals surface area (Å²) in [6.45, 7) is 0.571. The van der Waals surface area contributed by atoms with Gasteiger partial charge in [-0.3, -0.25) is 9.69 Å². The first-order chi connectivity index (χ1) is 16.2. The van der Waals surface area contributed by atoms with E-state index >= 15 is 0 Å². The molecule has 5 aromatic rings. The third-order valence-corrected chi connectivity index (χ3v) is 7.43. The summed E-state index contributed by atoms with van der Waals surface area (Å²) in [5.74, 6) is 0.559. The molecule has 0 N–H and O–H groups in total. The topological polar surface area (TPSA) is 60.2 Å². The van der Waals surface area contributed by atoms with Gasteiger partial charge in [-0.1, -0.05) is 59.9 Å². The van der Waals surface area contributed by atoms with E-state index < -0.39 is 5.38 Å². The summed E-state index contributed by atoms with van der Waals surface area (Å²) < 4.78 is 7.58. The number of β-lactam (4-membered cyclic amide) rings is 1. The lowest BCUT2D eigenvalue weighted by molar-refractivity contribution is -0.123. The van der Waals surface area contributed by atoms with Gasteiger partial charge in [0.05, 0.1) is 19.7 Å². The Morgan fingerprint density at radius 1 is 0.970 bits per heavy atom. The Morgan fingerprint density at radius 3 is 2.36 bits per heavy atom. The van der Waals surface area contributed by atoms with E-state index in [1.165, 1.54) is 22.1 Å². The van der Waals surface area contributed by atoms with Crippen molar-refractivity contribution in [3.63, 3.8) is 0 Å². The first-order valence-corrected chi connectivity index (χ1v) is 11.8. The molecule has 0 radical (unpaired) electrons. The number of alkyl halides is 1. The van der Waals surface area contributed by atoms with E-state index in [4.69, 9.17) is 16.3 Å². The van der Waals surface area contributed by atoms with Gasteiger partial charge in [0, 0.05) is 21.8 Å². The molecule has 1 aliphatic heterocycles. The Hall–Kier alpha value is -3.42. The first kappa shape index (κ1) is 20.2. The number of halogens is 1. The van der Waals surface area contributed by atoms with E-state index in [0.29, 0.717) is 11.7 Å². The van der Waals surface area contributed by atoms with Crippen molar-refractivity contribution in [1.82, 2.24) is 14.8 Å². The van der Waals surface area contributed by atoms with Crippen LogP contribution in [0.15, 0.2) is 72.8 Å². The van der Waals surface area contributed by atoms with Gasteiger partial charge in [-0.15, -0.1) is 21.8 Å². The molecule has 6 nitrogen and oxygen atoms in total. The lowest BCUT2D eigenvalue weighted by Gasteiger charge is -2.42. The summed E-state index contributed by atoms with van der Waals surface area (Å²) in [4.78, 5) is 14.3. The van der Waals surface area contributed by atoms with Crippen LogP contribution in [0.3, 0.4) is 0 Å². The second kappa shape index (κ2) is 7.86. The number of nitrogens with zero attached hydrogens (tertiary/aromatic N) is 4. The van der Waals surface area contributed by atoms with Gasteiger partial charge >= 0.3 is 0 Å². The number of carbonyl (C=O) groups excluding carboxylic acids is 1. The second-order valence-electron chi connectivity index (χ2n) is 7.93. The van der Waals surface area contributed by atoms with Crippen LogP contribution in [0, 0.1) is 0 Å². The number of benzene rings is 3. The fourth-order valence-electron chi connectivity index (χ4n) is 4.53. The van der Waals surface area contributed by atoms with E-state index in [2.05, 4.69) is 51.2 Å². The number of hydrogen-bond donors (Lipinski definition) is 0.